The number of nitrogens with one attached hydrogen (secondary N) is 1. The third kappa shape index (κ3) is 5.84. The summed E-state index contributed by atoms with van der Waals surface area (Å²) in [4.78, 5) is 12.5. The summed E-state index contributed by atoms with van der Waals surface area (Å²) >= 11 is 12.1. The number of anilines is 1. The summed E-state index contributed by atoms with van der Waals surface area (Å²) in [6.07, 6.45) is 1.30. The summed E-state index contributed by atoms with van der Waals surface area (Å²) in [5, 5.41) is 12.4. The number of carbonyl (C=O) groups excluding carboxylic acids is 1. The van der Waals surface area contributed by atoms with Gasteiger partial charge in [-0.15, -0.1) is 0 Å². The van der Waals surface area contributed by atoms with Gasteiger partial charge in [-0.3, -0.25) is 4.79 Å². The third-order valence-electron chi connectivity index (χ3n) is 4.30. The Morgan fingerprint density at radius 3 is 2.27 bits per heavy atom. The van der Waals surface area contributed by atoms with Crippen LogP contribution in [-0.4, -0.2) is 21.4 Å². The second-order valence-corrected chi connectivity index (χ2v) is 8.84. The molecule has 0 aliphatic carbocycles. The summed E-state index contributed by atoms with van der Waals surface area (Å²) in [5.41, 5.74) is 0.339. The number of hydrogen-bond acceptors (Lipinski definition) is 6. The van der Waals surface area contributed by atoms with E-state index in [9.17, 15) is 18.5 Å². The lowest BCUT2D eigenvalue weighted by Crippen LogP contribution is -2.14. The van der Waals surface area contributed by atoms with Crippen molar-refractivity contribution >= 4 is 51.0 Å². The minimum Gasteiger partial charge on any atom is -0.493 e. The minimum absolute atomic E-state index is 0.0160. The fourth-order valence-electron chi connectivity index (χ4n) is 2.71. The number of amides is 1. The molecule has 0 radical (unpaired) electrons. The van der Waals surface area contributed by atoms with Crippen LogP contribution in [0, 0.1) is 11.3 Å². The summed E-state index contributed by atoms with van der Waals surface area (Å²) in [7, 11) is -2.74. The molecule has 0 aliphatic heterocycles. The fraction of sp³-hybridized carbons (Fsp3) is 0.0435. The molecule has 0 atom stereocenters. The molecule has 0 bridgehead atoms. The topological polar surface area (TPSA) is 105 Å². The molecule has 3 aromatic rings. The van der Waals surface area contributed by atoms with Gasteiger partial charge in [-0.2, -0.15) is 13.7 Å². The molecule has 1 N–H and O–H groups in total. The summed E-state index contributed by atoms with van der Waals surface area (Å²) in [6, 6.07) is 18.5. The van der Waals surface area contributed by atoms with Gasteiger partial charge in [-0.05, 0) is 48.0 Å². The van der Waals surface area contributed by atoms with E-state index < -0.39 is 16.0 Å². The van der Waals surface area contributed by atoms with E-state index in [0.29, 0.717) is 5.56 Å². The number of hydrogen-bond donors (Lipinski definition) is 1. The van der Waals surface area contributed by atoms with Crippen LogP contribution >= 0.6 is 23.2 Å². The number of methoxy groups -OCH3 is 1. The van der Waals surface area contributed by atoms with Gasteiger partial charge in [0.15, 0.2) is 11.5 Å². The van der Waals surface area contributed by atoms with Crippen molar-refractivity contribution in [2.24, 2.45) is 0 Å². The van der Waals surface area contributed by atoms with E-state index in [1.807, 2.05) is 6.07 Å². The average molecular weight is 503 g/mol. The Bertz CT molecular complexity index is 1350. The zero-order valence-electron chi connectivity index (χ0n) is 17.1. The predicted octanol–water partition coefficient (Wildman–Crippen LogP) is 5.32. The highest BCUT2D eigenvalue weighted by molar-refractivity contribution is 7.87. The first-order valence-electron chi connectivity index (χ1n) is 9.30. The molecule has 0 fully saturated rings. The van der Waals surface area contributed by atoms with Gasteiger partial charge in [0.05, 0.1) is 22.8 Å². The standard InChI is InChI=1S/C23H16Cl2N2O5S/c1-31-21-13-15(10-11-20(21)32-33(29,30)17-6-3-2-4-7-17)12-16(14-26)23(28)27-22-18(24)8-5-9-19(22)25/h2-13H,1H3,(H,27,28)/b16-12+. The molecule has 168 valence electrons. The molecule has 7 nitrogen and oxygen atoms in total. The molecule has 0 saturated carbocycles. The number of nitriles is 1. The van der Waals surface area contributed by atoms with Crippen molar-refractivity contribution in [3.63, 3.8) is 0 Å². The van der Waals surface area contributed by atoms with Crippen molar-refractivity contribution < 1.29 is 22.1 Å². The van der Waals surface area contributed by atoms with E-state index >= 15 is 0 Å². The van der Waals surface area contributed by atoms with Crippen LogP contribution < -0.4 is 14.2 Å². The van der Waals surface area contributed by atoms with Crippen molar-refractivity contribution in [1.82, 2.24) is 0 Å². The molecular formula is C23H16Cl2N2O5S. The summed E-state index contributed by atoms with van der Waals surface area (Å²) in [6.45, 7) is 0. The highest BCUT2D eigenvalue weighted by Crippen LogP contribution is 2.32. The smallest absolute Gasteiger partial charge is 0.339 e. The average Bonchev–Trinajstić information content (AvgIpc) is 2.81. The predicted molar refractivity (Wildman–Crippen MR) is 126 cm³/mol. The lowest BCUT2D eigenvalue weighted by molar-refractivity contribution is -0.112. The van der Waals surface area contributed by atoms with Gasteiger partial charge >= 0.3 is 10.1 Å². The van der Waals surface area contributed by atoms with E-state index in [4.69, 9.17) is 32.1 Å². The molecular weight excluding hydrogens is 487 g/mol. The van der Waals surface area contributed by atoms with Crippen molar-refractivity contribution in [3.8, 4) is 17.6 Å². The van der Waals surface area contributed by atoms with Crippen molar-refractivity contribution in [3.05, 3.63) is 87.9 Å². The Hall–Kier alpha value is -3.51. The number of nitrogens with zero attached hydrogens (tertiary/aromatic N) is 1. The Balaban J connectivity index is 1.87. The molecule has 3 aromatic carbocycles. The largest absolute Gasteiger partial charge is 0.493 e. The Kier molecular flexibility index (Phi) is 7.61. The molecule has 0 aromatic heterocycles. The molecule has 0 unspecified atom stereocenters. The van der Waals surface area contributed by atoms with Crippen LogP contribution in [0.1, 0.15) is 5.56 Å². The third-order valence-corrected chi connectivity index (χ3v) is 6.17. The SMILES string of the molecule is COc1cc(/C=C(\C#N)C(=O)Nc2c(Cl)cccc2Cl)ccc1OS(=O)(=O)c1ccccc1. The maximum absolute atomic E-state index is 12.6. The van der Waals surface area contributed by atoms with Crippen molar-refractivity contribution in [2.45, 2.75) is 4.90 Å². The number of carbonyl (C=O) groups is 1. The monoisotopic (exact) mass is 502 g/mol. The summed E-state index contributed by atoms with van der Waals surface area (Å²) < 4.78 is 35.4. The molecule has 0 saturated heterocycles. The first-order valence-corrected chi connectivity index (χ1v) is 11.5. The van der Waals surface area contributed by atoms with Crippen LogP contribution in [0.2, 0.25) is 10.0 Å². The lowest BCUT2D eigenvalue weighted by Gasteiger charge is -2.12. The fourth-order valence-corrected chi connectivity index (χ4v) is 4.16. The number of rotatable bonds is 7. The molecule has 0 heterocycles. The Labute approximate surface area is 200 Å². The maximum atomic E-state index is 12.6. The van der Waals surface area contributed by atoms with E-state index in [0.717, 1.165) is 0 Å². The van der Waals surface area contributed by atoms with Gasteiger partial charge in [0.1, 0.15) is 16.5 Å². The zero-order valence-corrected chi connectivity index (χ0v) is 19.4. The lowest BCUT2D eigenvalue weighted by atomic mass is 10.1. The minimum atomic E-state index is -4.08. The van der Waals surface area contributed by atoms with Crippen LogP contribution in [0.5, 0.6) is 11.5 Å². The second kappa shape index (κ2) is 10.4. The van der Waals surface area contributed by atoms with Crippen LogP contribution in [0.3, 0.4) is 0 Å². The van der Waals surface area contributed by atoms with E-state index in [1.54, 1.807) is 36.4 Å². The number of para-hydroxylation sites is 1. The Morgan fingerprint density at radius 1 is 1.00 bits per heavy atom. The first-order chi connectivity index (χ1) is 15.7. The van der Waals surface area contributed by atoms with Gasteiger partial charge in [0.25, 0.3) is 5.91 Å². The van der Waals surface area contributed by atoms with Crippen molar-refractivity contribution in [2.75, 3.05) is 12.4 Å². The quantitative estimate of drug-likeness (QED) is 0.266. The zero-order chi connectivity index (χ0) is 24.0. The van der Waals surface area contributed by atoms with Crippen LogP contribution in [0.4, 0.5) is 5.69 Å². The number of benzene rings is 3. The van der Waals surface area contributed by atoms with E-state index in [-0.39, 0.29) is 37.7 Å². The Morgan fingerprint density at radius 2 is 1.67 bits per heavy atom. The van der Waals surface area contributed by atoms with Crippen molar-refractivity contribution in [1.29, 1.82) is 5.26 Å². The molecule has 1 amide bonds. The molecule has 0 spiro atoms. The van der Waals surface area contributed by atoms with Gasteiger partial charge in [-0.25, -0.2) is 0 Å². The number of ether oxygens (including phenoxy) is 1. The maximum Gasteiger partial charge on any atom is 0.339 e. The van der Waals surface area contributed by atoms with E-state index in [1.165, 1.54) is 43.5 Å². The van der Waals surface area contributed by atoms with Gasteiger partial charge in [-0.1, -0.05) is 53.5 Å². The first kappa shape index (κ1) is 24.1. The van der Waals surface area contributed by atoms with Gasteiger partial charge in [0, 0.05) is 0 Å². The second-order valence-electron chi connectivity index (χ2n) is 6.48. The molecule has 10 heteroatoms. The molecule has 0 aliphatic rings. The van der Waals surface area contributed by atoms with Gasteiger partial charge < -0.3 is 14.2 Å². The molecule has 3 rings (SSSR count). The molecule has 33 heavy (non-hydrogen) atoms. The van der Waals surface area contributed by atoms with Crippen LogP contribution in [0.15, 0.2) is 77.2 Å². The van der Waals surface area contributed by atoms with E-state index in [2.05, 4.69) is 5.32 Å². The highest BCUT2D eigenvalue weighted by Gasteiger charge is 2.19. The normalized spacial score (nSPS) is 11.4. The van der Waals surface area contributed by atoms with Crippen LogP contribution in [-0.2, 0) is 14.9 Å². The van der Waals surface area contributed by atoms with Crippen LogP contribution in [0.25, 0.3) is 6.08 Å². The highest BCUT2D eigenvalue weighted by atomic mass is 35.5. The van der Waals surface area contributed by atoms with Gasteiger partial charge in [0.2, 0.25) is 0 Å². The number of halogens is 2. The summed E-state index contributed by atoms with van der Waals surface area (Å²) in [5.74, 6) is -0.683.